The molecule has 0 saturated carbocycles. The summed E-state index contributed by atoms with van der Waals surface area (Å²) in [5.74, 6) is 0.149. The Morgan fingerprint density at radius 3 is 2.48 bits per heavy atom. The van der Waals surface area contributed by atoms with Gasteiger partial charge in [-0.3, -0.25) is 0 Å². The lowest BCUT2D eigenvalue weighted by atomic mass is 10.0. The molecule has 3 rings (SSSR count). The van der Waals surface area contributed by atoms with E-state index in [9.17, 15) is 14.7 Å². The summed E-state index contributed by atoms with van der Waals surface area (Å²) in [6, 6.07) is 12.8. The SMILES string of the molecule is COc1ccc(COc2ccc3c(C)c(CCC(=O)[O-])c(=O)oc3c2)cc1. The molecule has 0 saturated heterocycles. The van der Waals surface area contributed by atoms with Crippen molar-refractivity contribution < 1.29 is 23.8 Å². The maximum atomic E-state index is 12.2. The number of carbonyl (C=O) groups excluding carboxylic acids is 1. The fraction of sp³-hybridized carbons (Fsp3) is 0.238. The molecule has 6 nitrogen and oxygen atoms in total. The number of aryl methyl sites for hydroxylation is 1. The van der Waals surface area contributed by atoms with Gasteiger partial charge in [0.1, 0.15) is 23.7 Å². The number of fused-ring (bicyclic) bond motifs is 1. The van der Waals surface area contributed by atoms with E-state index in [0.717, 1.165) is 16.7 Å². The number of carboxylic acid groups (broad SMARTS) is 1. The standard InChI is InChI=1S/C21H20O6/c1-13-17-8-7-16(26-12-14-3-5-15(25-2)6-4-14)11-19(17)27-21(24)18(13)9-10-20(22)23/h3-8,11H,9-10,12H2,1-2H3,(H,22,23)/p-1. The number of carboxylic acids is 1. The Balaban J connectivity index is 1.81. The average Bonchev–Trinajstić information content (AvgIpc) is 2.66. The molecular weight excluding hydrogens is 348 g/mol. The first-order chi connectivity index (χ1) is 13.0. The largest absolute Gasteiger partial charge is 0.550 e. The molecule has 1 aromatic heterocycles. The van der Waals surface area contributed by atoms with Crippen molar-refractivity contribution in [3.63, 3.8) is 0 Å². The molecule has 0 atom stereocenters. The van der Waals surface area contributed by atoms with Crippen LogP contribution >= 0.6 is 0 Å². The highest BCUT2D eigenvalue weighted by atomic mass is 16.5. The van der Waals surface area contributed by atoms with Crippen LogP contribution in [0.3, 0.4) is 0 Å². The van der Waals surface area contributed by atoms with E-state index in [0.29, 0.717) is 29.1 Å². The van der Waals surface area contributed by atoms with Crippen LogP contribution in [0, 0.1) is 6.92 Å². The number of benzene rings is 2. The highest BCUT2D eigenvalue weighted by Crippen LogP contribution is 2.25. The zero-order valence-corrected chi connectivity index (χ0v) is 15.1. The first-order valence-corrected chi connectivity index (χ1v) is 8.50. The van der Waals surface area contributed by atoms with Crippen LogP contribution < -0.4 is 20.2 Å². The van der Waals surface area contributed by atoms with E-state index in [1.807, 2.05) is 24.3 Å². The minimum atomic E-state index is -1.20. The molecular formula is C21H19O6-. The van der Waals surface area contributed by atoms with Crippen LogP contribution in [0.15, 0.2) is 51.7 Å². The highest BCUT2D eigenvalue weighted by Gasteiger charge is 2.12. The number of ether oxygens (including phenoxy) is 2. The molecule has 0 N–H and O–H groups in total. The number of methoxy groups -OCH3 is 1. The summed E-state index contributed by atoms with van der Waals surface area (Å²) in [5.41, 5.74) is 1.92. The predicted molar refractivity (Wildman–Crippen MR) is 97.9 cm³/mol. The Hall–Kier alpha value is -3.28. The molecule has 0 bridgehead atoms. The second-order valence-electron chi connectivity index (χ2n) is 6.16. The van der Waals surface area contributed by atoms with E-state index in [1.54, 1.807) is 32.2 Å². The van der Waals surface area contributed by atoms with E-state index in [1.165, 1.54) is 0 Å². The van der Waals surface area contributed by atoms with Crippen LogP contribution in [-0.4, -0.2) is 13.1 Å². The maximum Gasteiger partial charge on any atom is 0.339 e. The van der Waals surface area contributed by atoms with Crippen molar-refractivity contribution in [2.24, 2.45) is 0 Å². The average molecular weight is 367 g/mol. The maximum absolute atomic E-state index is 12.2. The van der Waals surface area contributed by atoms with Gasteiger partial charge in [-0.05, 0) is 55.2 Å². The third-order valence-electron chi connectivity index (χ3n) is 4.40. The number of rotatable bonds is 7. The molecule has 0 aliphatic carbocycles. The minimum absolute atomic E-state index is 0.0855. The molecule has 0 aliphatic heterocycles. The third-order valence-corrected chi connectivity index (χ3v) is 4.40. The van der Waals surface area contributed by atoms with Crippen molar-refractivity contribution in [2.45, 2.75) is 26.4 Å². The van der Waals surface area contributed by atoms with E-state index >= 15 is 0 Å². The van der Waals surface area contributed by atoms with Crippen LogP contribution in [0.25, 0.3) is 11.0 Å². The Bertz CT molecular complexity index is 1020. The summed E-state index contributed by atoms with van der Waals surface area (Å²) < 4.78 is 16.3. The summed E-state index contributed by atoms with van der Waals surface area (Å²) in [6.45, 7) is 2.14. The molecule has 6 heteroatoms. The topological polar surface area (TPSA) is 88.8 Å². The Kier molecular flexibility index (Phi) is 5.45. The lowest BCUT2D eigenvalue weighted by Gasteiger charge is -2.11. The molecule has 2 aromatic carbocycles. The monoisotopic (exact) mass is 367 g/mol. The molecule has 140 valence electrons. The number of hydrogen-bond acceptors (Lipinski definition) is 6. The number of hydrogen-bond donors (Lipinski definition) is 0. The van der Waals surface area contributed by atoms with E-state index in [-0.39, 0.29) is 12.8 Å². The smallest absolute Gasteiger partial charge is 0.339 e. The van der Waals surface area contributed by atoms with Crippen LogP contribution in [0.4, 0.5) is 0 Å². The second-order valence-corrected chi connectivity index (χ2v) is 6.16. The summed E-state index contributed by atoms with van der Waals surface area (Å²) in [5, 5.41) is 11.4. The van der Waals surface area contributed by atoms with Gasteiger partial charge in [0.05, 0.1) is 7.11 Å². The van der Waals surface area contributed by atoms with Crippen LogP contribution in [0.2, 0.25) is 0 Å². The Morgan fingerprint density at radius 2 is 1.81 bits per heavy atom. The summed E-state index contributed by atoms with van der Waals surface area (Å²) >= 11 is 0. The fourth-order valence-electron chi connectivity index (χ4n) is 2.87. The fourth-order valence-corrected chi connectivity index (χ4v) is 2.87. The number of carbonyl (C=O) groups is 1. The van der Waals surface area contributed by atoms with Crippen molar-refractivity contribution in [3.05, 3.63) is 69.6 Å². The summed E-state index contributed by atoms with van der Waals surface area (Å²) in [7, 11) is 1.61. The zero-order chi connectivity index (χ0) is 19.4. The Morgan fingerprint density at radius 1 is 1.11 bits per heavy atom. The van der Waals surface area contributed by atoms with E-state index < -0.39 is 11.6 Å². The molecule has 0 unspecified atom stereocenters. The first-order valence-electron chi connectivity index (χ1n) is 8.50. The first kappa shape index (κ1) is 18.5. The van der Waals surface area contributed by atoms with Crippen molar-refractivity contribution >= 4 is 16.9 Å². The lowest BCUT2D eigenvalue weighted by Crippen LogP contribution is -2.24. The summed E-state index contributed by atoms with van der Waals surface area (Å²) in [6.07, 6.45) is -0.137. The molecule has 1 heterocycles. The van der Waals surface area contributed by atoms with Crippen molar-refractivity contribution in [2.75, 3.05) is 7.11 Å². The lowest BCUT2D eigenvalue weighted by molar-refractivity contribution is -0.305. The normalized spacial score (nSPS) is 10.7. The van der Waals surface area contributed by atoms with Gasteiger partial charge in [0.25, 0.3) is 0 Å². The third kappa shape index (κ3) is 4.28. The molecule has 0 spiro atoms. The molecule has 3 aromatic rings. The predicted octanol–water partition coefficient (Wildman–Crippen LogP) is 2.37. The van der Waals surface area contributed by atoms with E-state index in [4.69, 9.17) is 13.9 Å². The highest BCUT2D eigenvalue weighted by molar-refractivity contribution is 5.82. The van der Waals surface area contributed by atoms with Crippen LogP contribution in [0.1, 0.15) is 23.1 Å². The summed E-state index contributed by atoms with van der Waals surface area (Å²) in [4.78, 5) is 22.8. The Labute approximate surface area is 156 Å². The molecule has 0 fully saturated rings. The van der Waals surface area contributed by atoms with Crippen LogP contribution in [-0.2, 0) is 17.8 Å². The zero-order valence-electron chi connectivity index (χ0n) is 15.1. The van der Waals surface area contributed by atoms with Gasteiger partial charge in [-0.1, -0.05) is 12.1 Å². The van der Waals surface area contributed by atoms with Crippen LogP contribution in [0.5, 0.6) is 11.5 Å². The van der Waals surface area contributed by atoms with Gasteiger partial charge in [-0.2, -0.15) is 0 Å². The molecule has 27 heavy (non-hydrogen) atoms. The number of aliphatic carboxylic acids is 1. The van der Waals surface area contributed by atoms with Gasteiger partial charge in [0, 0.05) is 23.0 Å². The van der Waals surface area contributed by atoms with Gasteiger partial charge in [-0.15, -0.1) is 0 Å². The quantitative estimate of drug-likeness (QED) is 0.596. The van der Waals surface area contributed by atoms with Crippen molar-refractivity contribution in [3.8, 4) is 11.5 Å². The van der Waals surface area contributed by atoms with Gasteiger partial charge in [0.2, 0.25) is 0 Å². The minimum Gasteiger partial charge on any atom is -0.550 e. The van der Waals surface area contributed by atoms with Gasteiger partial charge in [-0.25, -0.2) is 4.79 Å². The van der Waals surface area contributed by atoms with Crippen molar-refractivity contribution in [1.82, 2.24) is 0 Å². The van der Waals surface area contributed by atoms with E-state index in [2.05, 4.69) is 0 Å². The molecule has 0 radical (unpaired) electrons. The van der Waals surface area contributed by atoms with Gasteiger partial charge < -0.3 is 23.8 Å². The van der Waals surface area contributed by atoms with Gasteiger partial charge in [0.15, 0.2) is 0 Å². The second kappa shape index (κ2) is 7.95. The molecule has 0 aliphatic rings. The van der Waals surface area contributed by atoms with Crippen molar-refractivity contribution in [1.29, 1.82) is 0 Å². The molecule has 0 amide bonds. The van der Waals surface area contributed by atoms with Gasteiger partial charge >= 0.3 is 5.63 Å².